The van der Waals surface area contributed by atoms with E-state index in [4.69, 9.17) is 14.2 Å². The largest absolute Gasteiger partial charge is 0.450 e. The fourth-order valence-electron chi connectivity index (χ4n) is 3.86. The van der Waals surface area contributed by atoms with Gasteiger partial charge in [-0.05, 0) is 16.7 Å². The Labute approximate surface area is 210 Å². The second kappa shape index (κ2) is 13.0. The molecule has 4 rings (SSSR count). The first kappa shape index (κ1) is 24.9. The Morgan fingerprint density at radius 3 is 1.97 bits per heavy atom. The highest BCUT2D eigenvalue weighted by Crippen LogP contribution is 2.44. The Kier molecular flexibility index (Phi) is 9.51. The van der Waals surface area contributed by atoms with Gasteiger partial charge >= 0.3 is 5.97 Å². The van der Waals surface area contributed by atoms with Gasteiger partial charge in [-0.1, -0.05) is 91.0 Å². The molecular formula is C28H30O4S2. The lowest BCUT2D eigenvalue weighted by molar-refractivity contribution is -0.142. The van der Waals surface area contributed by atoms with Crippen LogP contribution >= 0.6 is 23.5 Å². The number of thioether (sulfide) groups is 2. The SMILES string of the molecule is CC(=O)O[C@@H]1S[C@@H](COCc2ccccc2)[C@H](OCc2ccccc2)[C@@H]1SCc1ccccc1. The van der Waals surface area contributed by atoms with Crippen LogP contribution in [0.3, 0.4) is 0 Å². The summed E-state index contributed by atoms with van der Waals surface area (Å²) < 4.78 is 18.4. The molecule has 0 unspecified atom stereocenters. The van der Waals surface area contributed by atoms with Crippen LogP contribution in [0.1, 0.15) is 23.6 Å². The van der Waals surface area contributed by atoms with E-state index in [9.17, 15) is 4.79 Å². The third-order valence-corrected chi connectivity index (χ3v) is 8.50. The van der Waals surface area contributed by atoms with E-state index < -0.39 is 0 Å². The average Bonchev–Trinajstić information content (AvgIpc) is 3.18. The van der Waals surface area contributed by atoms with Crippen LogP contribution in [0.2, 0.25) is 0 Å². The summed E-state index contributed by atoms with van der Waals surface area (Å²) in [5.74, 6) is 0.558. The number of esters is 1. The molecule has 178 valence electrons. The van der Waals surface area contributed by atoms with Gasteiger partial charge in [0.15, 0.2) is 5.44 Å². The highest BCUT2D eigenvalue weighted by molar-refractivity contribution is 8.04. The Balaban J connectivity index is 1.47. The summed E-state index contributed by atoms with van der Waals surface area (Å²) in [6.07, 6.45) is -0.112. The molecule has 34 heavy (non-hydrogen) atoms. The fourth-order valence-corrected chi connectivity index (χ4v) is 7.06. The maximum absolute atomic E-state index is 11.9. The molecule has 0 aliphatic carbocycles. The monoisotopic (exact) mass is 494 g/mol. The van der Waals surface area contributed by atoms with Gasteiger partial charge in [0.2, 0.25) is 0 Å². The third-order valence-electron chi connectivity index (χ3n) is 5.51. The molecular weight excluding hydrogens is 464 g/mol. The van der Waals surface area contributed by atoms with E-state index in [0.29, 0.717) is 19.8 Å². The second-order valence-corrected chi connectivity index (χ2v) is 10.7. The summed E-state index contributed by atoms with van der Waals surface area (Å²) >= 11 is 3.43. The molecule has 0 N–H and O–H groups in total. The zero-order valence-corrected chi connectivity index (χ0v) is 20.9. The zero-order valence-electron chi connectivity index (χ0n) is 19.2. The first-order valence-corrected chi connectivity index (χ1v) is 13.4. The van der Waals surface area contributed by atoms with E-state index in [1.807, 2.05) is 54.6 Å². The van der Waals surface area contributed by atoms with E-state index in [-0.39, 0.29) is 28.0 Å². The van der Waals surface area contributed by atoms with Crippen molar-refractivity contribution in [2.24, 2.45) is 0 Å². The van der Waals surface area contributed by atoms with Gasteiger partial charge in [-0.3, -0.25) is 4.79 Å². The molecule has 1 aliphatic heterocycles. The predicted octanol–water partition coefficient (Wildman–Crippen LogP) is 6.10. The van der Waals surface area contributed by atoms with Crippen molar-refractivity contribution < 1.29 is 19.0 Å². The van der Waals surface area contributed by atoms with Gasteiger partial charge in [0, 0.05) is 12.7 Å². The molecule has 0 aromatic heterocycles. The van der Waals surface area contributed by atoms with Crippen molar-refractivity contribution in [1.82, 2.24) is 0 Å². The van der Waals surface area contributed by atoms with Crippen molar-refractivity contribution in [2.75, 3.05) is 6.61 Å². The summed E-state index contributed by atoms with van der Waals surface area (Å²) in [6, 6.07) is 30.7. The van der Waals surface area contributed by atoms with E-state index in [0.717, 1.165) is 16.9 Å². The molecule has 3 aromatic carbocycles. The number of carbonyl (C=O) groups is 1. The molecule has 1 saturated heterocycles. The van der Waals surface area contributed by atoms with E-state index >= 15 is 0 Å². The van der Waals surface area contributed by atoms with Crippen LogP contribution < -0.4 is 0 Å². The molecule has 4 atom stereocenters. The van der Waals surface area contributed by atoms with Crippen LogP contribution in [0.4, 0.5) is 0 Å². The molecule has 3 aromatic rings. The number of rotatable bonds is 11. The molecule has 1 fully saturated rings. The summed E-state index contributed by atoms with van der Waals surface area (Å²) in [5, 5.41) is 0.0631. The Morgan fingerprint density at radius 2 is 1.38 bits per heavy atom. The van der Waals surface area contributed by atoms with Gasteiger partial charge in [0.05, 0.1) is 36.4 Å². The van der Waals surface area contributed by atoms with Gasteiger partial charge in [0.1, 0.15) is 0 Å². The van der Waals surface area contributed by atoms with Gasteiger partial charge in [0.25, 0.3) is 0 Å². The minimum atomic E-state index is -0.280. The van der Waals surface area contributed by atoms with E-state index in [1.165, 1.54) is 12.5 Å². The van der Waals surface area contributed by atoms with Crippen LogP contribution in [0.15, 0.2) is 91.0 Å². The molecule has 1 aliphatic rings. The van der Waals surface area contributed by atoms with Gasteiger partial charge in [-0.2, -0.15) is 0 Å². The number of ether oxygens (including phenoxy) is 3. The van der Waals surface area contributed by atoms with Crippen molar-refractivity contribution in [3.63, 3.8) is 0 Å². The number of hydrogen-bond donors (Lipinski definition) is 0. The molecule has 0 bridgehead atoms. The molecule has 0 saturated carbocycles. The van der Waals surface area contributed by atoms with Gasteiger partial charge in [-0.15, -0.1) is 23.5 Å². The highest BCUT2D eigenvalue weighted by atomic mass is 32.2. The van der Waals surface area contributed by atoms with Crippen LogP contribution in [-0.2, 0) is 38.0 Å². The lowest BCUT2D eigenvalue weighted by Crippen LogP contribution is -2.36. The van der Waals surface area contributed by atoms with Crippen molar-refractivity contribution in [3.05, 3.63) is 108 Å². The maximum atomic E-state index is 11.9. The molecule has 4 nitrogen and oxygen atoms in total. The molecule has 0 radical (unpaired) electrons. The second-order valence-electron chi connectivity index (χ2n) is 8.18. The quantitative estimate of drug-likeness (QED) is 0.300. The summed E-state index contributed by atoms with van der Waals surface area (Å²) in [7, 11) is 0. The molecule has 0 spiro atoms. The predicted molar refractivity (Wildman–Crippen MR) is 140 cm³/mol. The lowest BCUT2D eigenvalue weighted by atomic mass is 10.1. The average molecular weight is 495 g/mol. The fraction of sp³-hybridized carbons (Fsp3) is 0.321. The first-order valence-electron chi connectivity index (χ1n) is 11.4. The standard InChI is InChI=1S/C28H30O4S2/c1-21(29)32-28-27(33-20-24-15-9-4-10-16-24)26(31-18-23-13-7-3-8-14-23)25(34-28)19-30-17-22-11-5-2-6-12-22/h2-16,25-28H,17-20H2,1H3/t25-,26-,27-,28+/m0/s1. The lowest BCUT2D eigenvalue weighted by Gasteiger charge is -2.25. The van der Waals surface area contributed by atoms with Gasteiger partial charge in [-0.25, -0.2) is 0 Å². The van der Waals surface area contributed by atoms with Crippen LogP contribution in [0.5, 0.6) is 0 Å². The third kappa shape index (κ3) is 7.37. The maximum Gasteiger partial charge on any atom is 0.303 e. The summed E-state index contributed by atoms with van der Waals surface area (Å²) in [6.45, 7) is 3.05. The van der Waals surface area contributed by atoms with Crippen molar-refractivity contribution in [1.29, 1.82) is 0 Å². The topological polar surface area (TPSA) is 44.8 Å². The Hall–Kier alpha value is -2.25. The van der Waals surface area contributed by atoms with Crippen LogP contribution in [0.25, 0.3) is 0 Å². The normalized spacial score (nSPS) is 21.9. The summed E-state index contributed by atoms with van der Waals surface area (Å²) in [4.78, 5) is 11.9. The molecule has 1 heterocycles. The van der Waals surface area contributed by atoms with Gasteiger partial charge < -0.3 is 14.2 Å². The minimum Gasteiger partial charge on any atom is -0.450 e. The van der Waals surface area contributed by atoms with E-state index in [2.05, 4.69) is 36.4 Å². The number of hydrogen-bond acceptors (Lipinski definition) is 6. The first-order chi connectivity index (χ1) is 16.7. The van der Waals surface area contributed by atoms with E-state index in [1.54, 1.807) is 23.5 Å². The van der Waals surface area contributed by atoms with Crippen molar-refractivity contribution in [3.8, 4) is 0 Å². The minimum absolute atomic E-state index is 0.00291. The van der Waals surface area contributed by atoms with Crippen LogP contribution in [-0.4, -0.2) is 34.6 Å². The smallest absolute Gasteiger partial charge is 0.303 e. The highest BCUT2D eigenvalue weighted by Gasteiger charge is 2.47. The Morgan fingerprint density at radius 1 is 0.824 bits per heavy atom. The number of benzene rings is 3. The van der Waals surface area contributed by atoms with Crippen molar-refractivity contribution >= 4 is 29.5 Å². The molecule has 0 amide bonds. The number of carbonyl (C=O) groups excluding carboxylic acids is 1. The van der Waals surface area contributed by atoms with Crippen LogP contribution in [0, 0.1) is 0 Å². The molecule has 6 heteroatoms. The zero-order chi connectivity index (χ0) is 23.6. The van der Waals surface area contributed by atoms with Crippen molar-refractivity contribution in [2.45, 2.75) is 47.9 Å². The summed E-state index contributed by atoms with van der Waals surface area (Å²) in [5.41, 5.74) is 3.22. The Bertz CT molecular complexity index is 1000.